The van der Waals surface area contributed by atoms with Crippen molar-refractivity contribution in [1.29, 1.82) is 0 Å². The van der Waals surface area contributed by atoms with Gasteiger partial charge in [0.1, 0.15) is 6.10 Å². The Morgan fingerprint density at radius 2 is 1.94 bits per heavy atom. The number of aliphatic hydroxyl groups excluding tert-OH is 2. The standard InChI is InChI=1S/C31H37NO3/c1-18(2)23-16-30-11-12-31(35-30)22(15-25(30)28(34)27(23)33)8-10-29(3)24(6-7-26(29)31)20-4-5-21-17-32-13-9-19(21)14-20/h4-5,8-9,13-15,17-18,23-24,26-28,33-34H,6-7,10-12,16H2,1-3H3. The van der Waals surface area contributed by atoms with Gasteiger partial charge in [-0.3, -0.25) is 4.98 Å². The smallest absolute Gasteiger partial charge is 0.104 e. The van der Waals surface area contributed by atoms with E-state index in [0.29, 0.717) is 17.8 Å². The Kier molecular flexibility index (Phi) is 4.62. The average Bonchev–Trinajstić information content (AvgIpc) is 3.37. The monoisotopic (exact) mass is 471 g/mol. The highest BCUT2D eigenvalue weighted by Gasteiger charge is 2.68. The number of ether oxygens (including phenoxy) is 1. The predicted octanol–water partition coefficient (Wildman–Crippen LogP) is 5.69. The lowest BCUT2D eigenvalue weighted by Gasteiger charge is -2.56. The van der Waals surface area contributed by atoms with Gasteiger partial charge in [-0.1, -0.05) is 51.1 Å². The Morgan fingerprint density at radius 3 is 2.77 bits per heavy atom. The molecule has 4 heteroatoms. The summed E-state index contributed by atoms with van der Waals surface area (Å²) in [7, 11) is 0. The van der Waals surface area contributed by atoms with Crippen LogP contribution in [-0.2, 0) is 4.74 Å². The van der Waals surface area contributed by atoms with Crippen molar-refractivity contribution in [3.05, 3.63) is 65.5 Å². The first-order valence-corrected chi connectivity index (χ1v) is 13.6. The van der Waals surface area contributed by atoms with E-state index in [-0.39, 0.29) is 16.9 Å². The van der Waals surface area contributed by atoms with Gasteiger partial charge in [-0.15, -0.1) is 0 Å². The van der Waals surface area contributed by atoms with Crippen molar-refractivity contribution >= 4 is 10.8 Å². The van der Waals surface area contributed by atoms with Crippen LogP contribution >= 0.6 is 0 Å². The minimum atomic E-state index is -0.829. The summed E-state index contributed by atoms with van der Waals surface area (Å²) in [6, 6.07) is 9.06. The van der Waals surface area contributed by atoms with E-state index >= 15 is 0 Å². The first-order chi connectivity index (χ1) is 16.8. The number of benzene rings is 1. The normalized spacial score (nSPS) is 44.0. The molecule has 3 fully saturated rings. The molecule has 1 aromatic carbocycles. The number of hydrogen-bond donors (Lipinski definition) is 2. The Hall–Kier alpha value is -2.01. The maximum Gasteiger partial charge on any atom is 0.104 e. The van der Waals surface area contributed by atoms with Crippen molar-refractivity contribution in [2.75, 3.05) is 0 Å². The summed E-state index contributed by atoms with van der Waals surface area (Å²) in [4.78, 5) is 4.28. The molecule has 4 nitrogen and oxygen atoms in total. The lowest BCUT2D eigenvalue weighted by atomic mass is 9.58. The first-order valence-electron chi connectivity index (χ1n) is 13.6. The van der Waals surface area contributed by atoms with Gasteiger partial charge in [-0.05, 0) is 95.8 Å². The van der Waals surface area contributed by atoms with E-state index in [4.69, 9.17) is 4.74 Å². The lowest BCUT2D eigenvalue weighted by Crippen LogP contribution is -2.58. The minimum absolute atomic E-state index is 0.0567. The number of hydrogen-bond acceptors (Lipinski definition) is 4. The molecule has 8 atom stereocenters. The van der Waals surface area contributed by atoms with E-state index in [2.05, 4.69) is 62.2 Å². The fourth-order valence-electron chi connectivity index (χ4n) is 8.99. The molecule has 35 heavy (non-hydrogen) atoms. The summed E-state index contributed by atoms with van der Waals surface area (Å²) >= 11 is 0. The van der Waals surface area contributed by atoms with Crippen LogP contribution in [0.4, 0.5) is 0 Å². The van der Waals surface area contributed by atoms with Crippen LogP contribution in [0.25, 0.3) is 10.8 Å². The van der Waals surface area contributed by atoms with E-state index in [9.17, 15) is 10.2 Å². The van der Waals surface area contributed by atoms with Crippen molar-refractivity contribution < 1.29 is 14.9 Å². The van der Waals surface area contributed by atoms with Gasteiger partial charge in [0.2, 0.25) is 0 Å². The summed E-state index contributed by atoms with van der Waals surface area (Å²) in [5, 5.41) is 24.6. The summed E-state index contributed by atoms with van der Waals surface area (Å²) in [5.74, 6) is 1.33. The van der Waals surface area contributed by atoms with Gasteiger partial charge in [-0.25, -0.2) is 0 Å². The zero-order chi connectivity index (χ0) is 24.2. The van der Waals surface area contributed by atoms with Gasteiger partial charge >= 0.3 is 0 Å². The highest BCUT2D eigenvalue weighted by atomic mass is 16.5. The topological polar surface area (TPSA) is 62.6 Å². The molecule has 7 rings (SSSR count). The molecule has 3 aliphatic carbocycles. The van der Waals surface area contributed by atoms with Crippen LogP contribution in [0, 0.1) is 23.2 Å². The van der Waals surface area contributed by atoms with Crippen LogP contribution in [0.15, 0.2) is 60.0 Å². The maximum absolute atomic E-state index is 11.2. The number of fused-ring (bicyclic) bond motifs is 2. The van der Waals surface area contributed by atoms with Crippen LogP contribution < -0.4 is 0 Å². The summed E-state index contributed by atoms with van der Waals surface area (Å²) in [6.45, 7) is 6.81. The van der Waals surface area contributed by atoms with Crippen LogP contribution in [0.1, 0.15) is 70.8 Å². The van der Waals surface area contributed by atoms with Crippen molar-refractivity contribution in [2.45, 2.75) is 88.6 Å². The van der Waals surface area contributed by atoms with Crippen molar-refractivity contribution in [3.8, 4) is 0 Å². The number of aliphatic hydroxyl groups is 2. The minimum Gasteiger partial charge on any atom is -0.390 e. The molecular weight excluding hydrogens is 434 g/mol. The fraction of sp³-hybridized carbons (Fsp3) is 0.581. The Balaban J connectivity index is 1.29. The third kappa shape index (κ3) is 2.82. The SMILES string of the molecule is CC(C)C1CC23CCC4(O2)C(=CCC2(C)C(c5ccc6cnccc6c5)CCC42)C=C3C(O)C1O. The highest BCUT2D eigenvalue weighted by molar-refractivity contribution is 5.82. The molecule has 2 saturated carbocycles. The van der Waals surface area contributed by atoms with Crippen LogP contribution in [0.3, 0.4) is 0 Å². The molecule has 1 aromatic heterocycles. The second kappa shape index (κ2) is 7.27. The van der Waals surface area contributed by atoms with Gasteiger partial charge in [0.15, 0.2) is 0 Å². The van der Waals surface area contributed by atoms with E-state index < -0.39 is 17.8 Å². The van der Waals surface area contributed by atoms with Crippen molar-refractivity contribution in [3.63, 3.8) is 0 Å². The molecule has 2 N–H and O–H groups in total. The molecule has 1 saturated heterocycles. The molecule has 2 bridgehead atoms. The van der Waals surface area contributed by atoms with E-state index in [1.165, 1.54) is 34.8 Å². The fourth-order valence-corrected chi connectivity index (χ4v) is 8.99. The molecule has 184 valence electrons. The summed E-state index contributed by atoms with van der Waals surface area (Å²) in [6.07, 6.45) is 13.1. The molecule has 0 amide bonds. The van der Waals surface area contributed by atoms with E-state index in [1.807, 2.05) is 12.4 Å². The quantitative estimate of drug-likeness (QED) is 0.591. The van der Waals surface area contributed by atoms with Crippen molar-refractivity contribution in [2.24, 2.45) is 23.2 Å². The largest absolute Gasteiger partial charge is 0.390 e. The molecule has 5 aliphatic rings. The van der Waals surface area contributed by atoms with Gasteiger partial charge < -0.3 is 14.9 Å². The number of aromatic nitrogens is 1. The van der Waals surface area contributed by atoms with E-state index in [0.717, 1.165) is 31.3 Å². The van der Waals surface area contributed by atoms with Crippen molar-refractivity contribution in [1.82, 2.24) is 4.98 Å². The van der Waals surface area contributed by atoms with Crippen LogP contribution in [-0.4, -0.2) is 38.6 Å². The van der Waals surface area contributed by atoms with Gasteiger partial charge in [0.05, 0.1) is 17.3 Å². The molecule has 8 unspecified atom stereocenters. The molecule has 2 aromatic rings. The van der Waals surface area contributed by atoms with Crippen LogP contribution in [0.5, 0.6) is 0 Å². The van der Waals surface area contributed by atoms with Gasteiger partial charge in [-0.2, -0.15) is 0 Å². The zero-order valence-electron chi connectivity index (χ0n) is 21.1. The van der Waals surface area contributed by atoms with E-state index in [1.54, 1.807) is 0 Å². The lowest BCUT2D eigenvalue weighted by molar-refractivity contribution is -0.168. The Morgan fingerprint density at radius 1 is 1.09 bits per heavy atom. The molecule has 2 spiro atoms. The molecule has 2 aliphatic heterocycles. The summed E-state index contributed by atoms with van der Waals surface area (Å²) < 4.78 is 7.30. The van der Waals surface area contributed by atoms with Gasteiger partial charge in [0, 0.05) is 17.8 Å². The number of nitrogens with zero attached hydrogens (tertiary/aromatic N) is 1. The first kappa shape index (κ1) is 22.2. The highest BCUT2D eigenvalue weighted by Crippen LogP contribution is 2.69. The maximum atomic E-state index is 11.2. The Bertz CT molecular complexity index is 1260. The molecular formula is C31H37NO3. The average molecular weight is 472 g/mol. The van der Waals surface area contributed by atoms with Crippen LogP contribution in [0.2, 0.25) is 0 Å². The number of rotatable bonds is 2. The van der Waals surface area contributed by atoms with Gasteiger partial charge in [0.25, 0.3) is 0 Å². The Labute approximate surface area is 208 Å². The summed E-state index contributed by atoms with van der Waals surface area (Å²) in [5.41, 5.74) is 3.11. The number of allylic oxidation sites excluding steroid dienone is 1. The predicted molar refractivity (Wildman–Crippen MR) is 137 cm³/mol. The second-order valence-electron chi connectivity index (χ2n) is 12.7. The molecule has 3 heterocycles. The third-order valence-electron chi connectivity index (χ3n) is 10.8. The third-order valence-corrected chi connectivity index (χ3v) is 10.8. The zero-order valence-corrected chi connectivity index (χ0v) is 21.1. The second-order valence-corrected chi connectivity index (χ2v) is 12.7. The number of pyridine rings is 1. The molecule has 0 radical (unpaired) electrons.